The molecule has 1 aliphatic rings. The van der Waals surface area contributed by atoms with E-state index >= 15 is 0 Å². The number of ether oxygens (including phenoxy) is 1. The van der Waals surface area contributed by atoms with Gasteiger partial charge in [-0.15, -0.1) is 0 Å². The molecule has 0 unspecified atom stereocenters. The summed E-state index contributed by atoms with van der Waals surface area (Å²) in [6.07, 6.45) is 4.93. The molecule has 0 amide bonds. The molecular weight excluding hydrogens is 369 g/mol. The van der Waals surface area contributed by atoms with E-state index in [1.807, 2.05) is 0 Å². The van der Waals surface area contributed by atoms with Crippen molar-refractivity contribution >= 4 is 30.0 Å². The molecule has 1 aliphatic heterocycles. The van der Waals surface area contributed by atoms with Crippen molar-refractivity contribution in [2.24, 2.45) is 7.05 Å². The number of hydrogen-bond donors (Lipinski definition) is 0. The van der Waals surface area contributed by atoms with E-state index in [1.165, 1.54) is 22.8 Å². The number of hydrogen-bond acceptors (Lipinski definition) is 3. The van der Waals surface area contributed by atoms with Crippen LogP contribution in [0.15, 0.2) is 24.0 Å². The zero-order chi connectivity index (χ0) is 19.7. The van der Waals surface area contributed by atoms with Crippen LogP contribution in [0.1, 0.15) is 28.8 Å². The summed E-state index contributed by atoms with van der Waals surface area (Å²) in [6, 6.07) is 1.29. The number of fused-ring (bicyclic) bond motifs is 1. The van der Waals surface area contributed by atoms with Gasteiger partial charge < -0.3 is 14.1 Å². The van der Waals surface area contributed by atoms with Crippen LogP contribution in [0.2, 0.25) is 5.02 Å². The molecule has 6 heteroatoms. The molecule has 0 aliphatic carbocycles. The van der Waals surface area contributed by atoms with Gasteiger partial charge in [0, 0.05) is 41.4 Å². The molecule has 0 spiro atoms. The Morgan fingerprint density at radius 2 is 2.04 bits per heavy atom. The fraction of sp³-hybridized carbons (Fsp3) is 0.238. The Morgan fingerprint density at radius 1 is 1.33 bits per heavy atom. The molecule has 0 fully saturated rings. The summed E-state index contributed by atoms with van der Waals surface area (Å²) in [7, 11) is 1.57. The molecule has 140 valence electrons. The first kappa shape index (κ1) is 19.1. The minimum absolute atomic E-state index is 0.0229. The Kier molecular flexibility index (Phi) is 5.33. The quantitative estimate of drug-likeness (QED) is 0.722. The zero-order valence-electron chi connectivity index (χ0n) is 15.0. The van der Waals surface area contributed by atoms with E-state index in [0.717, 1.165) is 6.42 Å². The zero-order valence-corrected chi connectivity index (χ0v) is 15.7. The van der Waals surface area contributed by atoms with Gasteiger partial charge in [0.2, 0.25) is 0 Å². The lowest BCUT2D eigenvalue weighted by Crippen LogP contribution is -2.25. The van der Waals surface area contributed by atoms with Gasteiger partial charge in [-0.3, -0.25) is 4.79 Å². The number of benzene rings is 1. The Balaban J connectivity index is 2.47. The van der Waals surface area contributed by atoms with Crippen molar-refractivity contribution in [3.05, 3.63) is 62.8 Å². The van der Waals surface area contributed by atoms with Crippen LogP contribution in [0.3, 0.4) is 0 Å². The Hall–Kier alpha value is -2.66. The largest absolute Gasteiger partial charge is 0.490 e. The maximum Gasteiger partial charge on any atom is 0.258 e. The first-order chi connectivity index (χ1) is 13.0. The summed E-state index contributed by atoms with van der Waals surface area (Å²) >= 11 is 6.64. The topological polar surface area (TPSA) is 48.3 Å². The van der Waals surface area contributed by atoms with Gasteiger partial charge in [-0.25, -0.2) is 4.39 Å². The van der Waals surface area contributed by atoms with Gasteiger partial charge in [0.1, 0.15) is 6.29 Å². The van der Waals surface area contributed by atoms with Crippen LogP contribution in [-0.4, -0.2) is 17.5 Å². The monoisotopic (exact) mass is 387 g/mol. The van der Waals surface area contributed by atoms with Crippen molar-refractivity contribution in [1.82, 2.24) is 4.57 Å². The van der Waals surface area contributed by atoms with Crippen LogP contribution < -0.4 is 10.3 Å². The fourth-order valence-electron chi connectivity index (χ4n) is 3.55. The fourth-order valence-corrected chi connectivity index (χ4v) is 3.88. The molecule has 3 rings (SSSR count). The third-order valence-corrected chi connectivity index (χ3v) is 5.25. The molecular formula is C21H19ClFNO3. The standard InChI is InChI=1S/C21H19ClFNO3/c1-4-12-13(5-2)21(26)24(3)17(8-9-25)18(12)15-11-16(23)20-14(19(15)22)7-6-10-27-20/h4-5,9,11H,1-2,6-8,10H2,3H3. The van der Waals surface area contributed by atoms with Crippen molar-refractivity contribution < 1.29 is 13.9 Å². The van der Waals surface area contributed by atoms with Gasteiger partial charge in [0.05, 0.1) is 11.6 Å². The number of aldehydes is 1. The number of aromatic nitrogens is 1. The molecule has 1 aromatic carbocycles. The number of pyridine rings is 1. The minimum Gasteiger partial charge on any atom is -0.490 e. The molecule has 1 aromatic heterocycles. The van der Waals surface area contributed by atoms with Crippen molar-refractivity contribution in [2.75, 3.05) is 6.61 Å². The predicted octanol–water partition coefficient (Wildman–Crippen LogP) is 4.20. The summed E-state index contributed by atoms with van der Waals surface area (Å²) in [5.41, 5.74) is 2.44. The van der Waals surface area contributed by atoms with Crippen LogP contribution in [0.25, 0.3) is 23.3 Å². The molecule has 27 heavy (non-hydrogen) atoms. The molecule has 0 radical (unpaired) electrons. The molecule has 0 saturated heterocycles. The molecule has 0 N–H and O–H groups in total. The maximum atomic E-state index is 14.7. The number of halogens is 2. The second kappa shape index (κ2) is 7.53. The highest BCUT2D eigenvalue weighted by Crippen LogP contribution is 2.43. The summed E-state index contributed by atoms with van der Waals surface area (Å²) in [5.74, 6) is -0.356. The van der Waals surface area contributed by atoms with Gasteiger partial charge in [0.25, 0.3) is 5.56 Å². The van der Waals surface area contributed by atoms with Crippen molar-refractivity contribution in [2.45, 2.75) is 19.3 Å². The number of carbonyl (C=O) groups excluding carboxylic acids is 1. The highest BCUT2D eigenvalue weighted by Gasteiger charge is 2.26. The summed E-state index contributed by atoms with van der Waals surface area (Å²) < 4.78 is 21.6. The summed E-state index contributed by atoms with van der Waals surface area (Å²) in [6.45, 7) is 7.93. The van der Waals surface area contributed by atoms with E-state index in [4.69, 9.17) is 16.3 Å². The van der Waals surface area contributed by atoms with Crippen LogP contribution in [-0.2, 0) is 24.7 Å². The minimum atomic E-state index is -0.523. The van der Waals surface area contributed by atoms with E-state index in [0.29, 0.717) is 57.8 Å². The van der Waals surface area contributed by atoms with Crippen molar-refractivity contribution in [1.29, 1.82) is 0 Å². The SMILES string of the molecule is C=Cc1c(-c2cc(F)c3c(c2Cl)CCCO3)c(CC=O)n(C)c(=O)c1C=C. The smallest absolute Gasteiger partial charge is 0.258 e. The third kappa shape index (κ3) is 3.02. The van der Waals surface area contributed by atoms with E-state index in [1.54, 1.807) is 7.05 Å². The number of carbonyl (C=O) groups is 1. The highest BCUT2D eigenvalue weighted by molar-refractivity contribution is 6.34. The van der Waals surface area contributed by atoms with E-state index < -0.39 is 5.82 Å². The van der Waals surface area contributed by atoms with E-state index in [-0.39, 0.29) is 17.7 Å². The van der Waals surface area contributed by atoms with E-state index in [2.05, 4.69) is 13.2 Å². The van der Waals surface area contributed by atoms with E-state index in [9.17, 15) is 14.0 Å². The highest BCUT2D eigenvalue weighted by atomic mass is 35.5. The second-order valence-corrected chi connectivity index (χ2v) is 6.65. The van der Waals surface area contributed by atoms with Crippen LogP contribution >= 0.6 is 11.6 Å². The lowest BCUT2D eigenvalue weighted by Gasteiger charge is -2.24. The molecule has 2 heterocycles. The lowest BCUT2D eigenvalue weighted by atomic mass is 9.90. The summed E-state index contributed by atoms with van der Waals surface area (Å²) in [4.78, 5) is 23.9. The van der Waals surface area contributed by atoms with Crippen LogP contribution in [0, 0.1) is 5.82 Å². The van der Waals surface area contributed by atoms with Gasteiger partial charge in [-0.1, -0.05) is 36.9 Å². The van der Waals surface area contributed by atoms with Gasteiger partial charge >= 0.3 is 0 Å². The maximum absolute atomic E-state index is 14.7. The van der Waals surface area contributed by atoms with Crippen LogP contribution in [0.5, 0.6) is 5.75 Å². The molecule has 4 nitrogen and oxygen atoms in total. The normalized spacial score (nSPS) is 12.9. The lowest BCUT2D eigenvalue weighted by molar-refractivity contribution is -0.107. The number of nitrogens with zero attached hydrogens (tertiary/aromatic N) is 1. The van der Waals surface area contributed by atoms with Crippen molar-refractivity contribution in [3.63, 3.8) is 0 Å². The Labute approximate surface area is 161 Å². The van der Waals surface area contributed by atoms with Gasteiger partial charge in [-0.05, 0) is 24.5 Å². The van der Waals surface area contributed by atoms with Gasteiger partial charge in [0.15, 0.2) is 11.6 Å². The third-order valence-electron chi connectivity index (χ3n) is 4.82. The van der Waals surface area contributed by atoms with Gasteiger partial charge in [-0.2, -0.15) is 0 Å². The Bertz CT molecular complexity index is 1020. The molecule has 0 saturated carbocycles. The Morgan fingerprint density at radius 3 is 2.67 bits per heavy atom. The molecule has 0 atom stereocenters. The average molecular weight is 388 g/mol. The molecule has 2 aromatic rings. The first-order valence-electron chi connectivity index (χ1n) is 8.54. The first-order valence-corrected chi connectivity index (χ1v) is 8.92. The average Bonchev–Trinajstić information content (AvgIpc) is 2.68. The van der Waals surface area contributed by atoms with Crippen LogP contribution in [0.4, 0.5) is 4.39 Å². The van der Waals surface area contributed by atoms with Crippen molar-refractivity contribution in [3.8, 4) is 16.9 Å². The number of rotatable bonds is 5. The molecule has 0 bridgehead atoms. The predicted molar refractivity (Wildman–Crippen MR) is 106 cm³/mol. The summed E-state index contributed by atoms with van der Waals surface area (Å²) in [5, 5.41) is 0.356. The second-order valence-electron chi connectivity index (χ2n) is 6.27.